The highest BCUT2D eigenvalue weighted by atomic mass is 15.4. The highest BCUT2D eigenvalue weighted by molar-refractivity contribution is 5.04. The van der Waals surface area contributed by atoms with Crippen LogP contribution in [0.2, 0.25) is 0 Å². The zero-order valence-electron chi connectivity index (χ0n) is 27.8. The van der Waals surface area contributed by atoms with Crippen LogP contribution in [0.1, 0.15) is 109 Å². The summed E-state index contributed by atoms with van der Waals surface area (Å²) >= 11 is 0. The molecule has 4 unspecified atom stereocenters. The Hall–Kier alpha value is -0.320. The van der Waals surface area contributed by atoms with Crippen LogP contribution >= 0.6 is 0 Å². The van der Waals surface area contributed by atoms with Crippen LogP contribution in [-0.4, -0.2) is 49.3 Å². The Kier molecular flexibility index (Phi) is 8.31. The zero-order valence-corrected chi connectivity index (χ0v) is 27.8. The first-order valence-corrected chi connectivity index (χ1v) is 16.4. The third-order valence-corrected chi connectivity index (χ3v) is 11.1. The molecule has 0 spiro atoms. The minimum atomic E-state index is 0.214. The second kappa shape index (κ2) is 10.7. The van der Waals surface area contributed by atoms with Crippen LogP contribution < -0.4 is 42.5 Å². The van der Waals surface area contributed by atoms with Crippen LogP contribution in [-0.2, 0) is 0 Å². The molecule has 8 N–H and O–H groups in total. The van der Waals surface area contributed by atoms with E-state index < -0.39 is 0 Å². The third kappa shape index (κ3) is 6.59. The van der Waals surface area contributed by atoms with Crippen molar-refractivity contribution in [2.24, 2.45) is 45.3 Å². The molecule has 5 heterocycles. The number of hydrogen-bond acceptors (Lipinski definition) is 8. The van der Waals surface area contributed by atoms with Crippen LogP contribution in [0.5, 0.6) is 0 Å². The van der Waals surface area contributed by atoms with Gasteiger partial charge in [0, 0.05) is 0 Å². The van der Waals surface area contributed by atoms with Gasteiger partial charge in [-0.2, -0.15) is 0 Å². The summed E-state index contributed by atoms with van der Waals surface area (Å²) < 4.78 is 0. The Morgan fingerprint density at radius 3 is 0.575 bits per heavy atom. The van der Waals surface area contributed by atoms with Crippen molar-refractivity contribution in [1.29, 1.82) is 0 Å². The van der Waals surface area contributed by atoms with Gasteiger partial charge in [0.25, 0.3) is 0 Å². The molecular weight excluding hydrogens is 496 g/mol. The van der Waals surface area contributed by atoms with Crippen molar-refractivity contribution in [1.82, 2.24) is 42.5 Å². The first kappa shape index (κ1) is 31.1. The van der Waals surface area contributed by atoms with Gasteiger partial charge in [0.1, 0.15) is 0 Å². The van der Waals surface area contributed by atoms with Crippen molar-refractivity contribution in [3.05, 3.63) is 0 Å². The summed E-state index contributed by atoms with van der Waals surface area (Å²) in [5.74, 6) is 2.15. The van der Waals surface area contributed by atoms with E-state index in [-0.39, 0.29) is 71.0 Å². The van der Waals surface area contributed by atoms with Crippen LogP contribution in [0.3, 0.4) is 0 Å². The number of hydrogen-bond donors (Lipinski definition) is 8. The van der Waals surface area contributed by atoms with E-state index in [1.54, 1.807) is 0 Å². The van der Waals surface area contributed by atoms with E-state index in [1.165, 1.54) is 0 Å². The second-order valence-electron chi connectivity index (χ2n) is 18.3. The minimum absolute atomic E-state index is 0.214. The van der Waals surface area contributed by atoms with Crippen LogP contribution in [0.15, 0.2) is 0 Å². The molecule has 8 bridgehead atoms. The Morgan fingerprint density at radius 2 is 0.450 bits per heavy atom. The van der Waals surface area contributed by atoms with E-state index in [4.69, 9.17) is 0 Å². The van der Waals surface area contributed by atoms with Gasteiger partial charge in [0.15, 0.2) is 0 Å². The minimum Gasteiger partial charge on any atom is -0.286 e. The summed E-state index contributed by atoms with van der Waals surface area (Å²) in [7, 11) is 0. The van der Waals surface area contributed by atoms with Crippen LogP contribution in [0.4, 0.5) is 0 Å². The highest BCUT2D eigenvalue weighted by Crippen LogP contribution is 2.42. The smallest absolute Gasteiger partial charge is 0.0630 e. The Morgan fingerprint density at radius 1 is 0.300 bits per heavy atom. The summed E-state index contributed by atoms with van der Waals surface area (Å²) in [6.07, 6.45) is 6.70. The fourth-order valence-electron chi connectivity index (χ4n) is 8.57. The summed E-state index contributed by atoms with van der Waals surface area (Å²) in [5, 5.41) is 32.4. The molecule has 40 heavy (non-hydrogen) atoms. The summed E-state index contributed by atoms with van der Waals surface area (Å²) in [6.45, 7) is 28.9. The standard InChI is InChI=1S/C32H64N8/c1-29(2,3)17-13-21-33-25(17)37-22-14-18(30(4,5)6)27(34-22)39-24-16-20(32(10,11)12)28(36-24)40-23-15-19(31(7,8)9)26(35-23)38-21/h17-28,33-40H,13-16H2,1-12H3. The predicted molar refractivity (Wildman–Crippen MR) is 166 cm³/mol. The number of fused-ring (bicyclic) bond motifs is 8. The van der Waals surface area contributed by atoms with Crippen molar-refractivity contribution < 1.29 is 0 Å². The highest BCUT2D eigenvalue weighted by Gasteiger charge is 2.50. The lowest BCUT2D eigenvalue weighted by Crippen LogP contribution is -2.61. The molecular formula is C32H64N8. The lowest BCUT2D eigenvalue weighted by molar-refractivity contribution is 0.174. The van der Waals surface area contributed by atoms with Crippen LogP contribution in [0, 0.1) is 45.3 Å². The van der Waals surface area contributed by atoms with Gasteiger partial charge in [-0.1, -0.05) is 83.1 Å². The molecule has 4 atom stereocenters. The second-order valence-corrected chi connectivity index (χ2v) is 18.3. The summed E-state index contributed by atoms with van der Waals surface area (Å²) in [5.41, 5.74) is 0.855. The molecule has 0 saturated carbocycles. The van der Waals surface area contributed by atoms with E-state index in [2.05, 4.69) is 126 Å². The van der Waals surface area contributed by atoms with E-state index in [1.807, 2.05) is 0 Å². The Labute approximate surface area is 245 Å². The maximum absolute atomic E-state index is 4.08. The van der Waals surface area contributed by atoms with Gasteiger partial charge < -0.3 is 0 Å². The van der Waals surface area contributed by atoms with Crippen molar-refractivity contribution in [3.63, 3.8) is 0 Å². The molecule has 5 aliphatic rings. The number of rotatable bonds is 0. The van der Waals surface area contributed by atoms with Crippen molar-refractivity contribution in [2.45, 2.75) is 158 Å². The third-order valence-electron chi connectivity index (χ3n) is 11.1. The maximum Gasteiger partial charge on any atom is 0.0630 e. The molecule has 0 aromatic rings. The van der Waals surface area contributed by atoms with Gasteiger partial charge in [-0.05, 0) is 71.0 Å². The molecule has 0 amide bonds. The molecule has 8 heteroatoms. The van der Waals surface area contributed by atoms with Gasteiger partial charge in [-0.3, -0.25) is 42.5 Å². The molecule has 0 aromatic heterocycles. The monoisotopic (exact) mass is 561 g/mol. The summed E-state index contributed by atoms with van der Waals surface area (Å²) in [6, 6.07) is 0. The topological polar surface area (TPSA) is 96.2 Å². The van der Waals surface area contributed by atoms with E-state index in [0.717, 1.165) is 25.7 Å². The summed E-state index contributed by atoms with van der Waals surface area (Å²) in [4.78, 5) is 0. The average Bonchev–Trinajstić information content (AvgIpc) is 3.53. The molecule has 0 aliphatic carbocycles. The molecule has 5 saturated heterocycles. The Balaban J connectivity index is 1.46. The lowest BCUT2D eigenvalue weighted by atomic mass is 9.76. The fourth-order valence-corrected chi connectivity index (χ4v) is 8.57. The molecule has 0 aromatic carbocycles. The first-order chi connectivity index (χ1) is 18.3. The van der Waals surface area contributed by atoms with E-state index in [9.17, 15) is 0 Å². The van der Waals surface area contributed by atoms with E-state index >= 15 is 0 Å². The van der Waals surface area contributed by atoms with Gasteiger partial charge in [0.2, 0.25) is 0 Å². The lowest BCUT2D eigenvalue weighted by Gasteiger charge is -2.34. The van der Waals surface area contributed by atoms with Crippen molar-refractivity contribution in [3.8, 4) is 0 Å². The predicted octanol–water partition coefficient (Wildman–Crippen LogP) is 3.59. The largest absolute Gasteiger partial charge is 0.286 e. The molecule has 232 valence electrons. The van der Waals surface area contributed by atoms with Gasteiger partial charge in [0.05, 0.1) is 49.3 Å². The van der Waals surface area contributed by atoms with Gasteiger partial charge in [-0.25, -0.2) is 0 Å². The Bertz CT molecular complexity index is 735. The normalized spacial score (nSPS) is 45.3. The molecule has 8 nitrogen and oxygen atoms in total. The fraction of sp³-hybridized carbons (Fsp3) is 1.00. The SMILES string of the molecule is CC(C)(C)C1CC2NC1NC1CC(C(C)(C)C)C(N1)NC1CC(C(C)(C)C)C(N1)NC1CC(C(C)(C)C)C(N1)N2. The zero-order chi connectivity index (χ0) is 29.4. The molecule has 5 fully saturated rings. The van der Waals surface area contributed by atoms with Gasteiger partial charge >= 0.3 is 0 Å². The quantitative estimate of drug-likeness (QED) is 0.228. The van der Waals surface area contributed by atoms with Crippen molar-refractivity contribution in [2.75, 3.05) is 0 Å². The maximum atomic E-state index is 4.08. The van der Waals surface area contributed by atoms with E-state index in [0.29, 0.717) is 23.7 Å². The number of nitrogens with one attached hydrogen (secondary N) is 8. The molecule has 0 radical (unpaired) electrons. The molecule has 5 rings (SSSR count). The van der Waals surface area contributed by atoms with Gasteiger partial charge in [-0.15, -0.1) is 0 Å². The average molecular weight is 561 g/mol. The van der Waals surface area contributed by atoms with Crippen molar-refractivity contribution >= 4 is 0 Å². The first-order valence-electron chi connectivity index (χ1n) is 16.4. The van der Waals surface area contributed by atoms with Crippen LogP contribution in [0.25, 0.3) is 0 Å². The molecule has 5 aliphatic heterocycles.